The highest BCUT2D eigenvalue weighted by atomic mass is 35.5. The number of carbonyl (C=O) groups excluding carboxylic acids is 1. The maximum atomic E-state index is 13.7. The second-order valence-electron chi connectivity index (χ2n) is 4.72. The molecular formula is C12H14ClFN2O3S. The third kappa shape index (κ3) is 2.94. The summed E-state index contributed by atoms with van der Waals surface area (Å²) < 4.78 is 40.4. The van der Waals surface area contributed by atoms with Crippen LogP contribution in [0.25, 0.3) is 0 Å². The Balaban J connectivity index is 2.30. The molecule has 0 heterocycles. The van der Waals surface area contributed by atoms with Crippen molar-refractivity contribution in [3.8, 4) is 0 Å². The van der Waals surface area contributed by atoms with Gasteiger partial charge in [-0.3, -0.25) is 4.79 Å². The Kier molecular flexibility index (Phi) is 4.31. The lowest BCUT2D eigenvalue weighted by atomic mass is 10.0. The number of primary amides is 1. The van der Waals surface area contributed by atoms with Crippen LogP contribution >= 0.6 is 11.6 Å². The van der Waals surface area contributed by atoms with Crippen LogP contribution < -0.4 is 10.5 Å². The standard InChI is InChI=1S/C12H14ClFN2O3S/c13-8-4-2-5-9(14)11(8)20(18,19)16-10-6-1-3-7(10)12(15)17/h2,4-5,7,10,16H,1,3,6H2,(H2,15,17)/t7-,10+/m1/s1. The van der Waals surface area contributed by atoms with E-state index in [-0.39, 0.29) is 5.02 Å². The zero-order valence-corrected chi connectivity index (χ0v) is 12.0. The van der Waals surface area contributed by atoms with Crippen molar-refractivity contribution in [3.05, 3.63) is 29.0 Å². The summed E-state index contributed by atoms with van der Waals surface area (Å²) >= 11 is 5.75. The van der Waals surface area contributed by atoms with Gasteiger partial charge in [0.1, 0.15) is 10.7 Å². The molecule has 1 aliphatic carbocycles. The molecule has 0 spiro atoms. The van der Waals surface area contributed by atoms with Gasteiger partial charge in [0.25, 0.3) is 0 Å². The van der Waals surface area contributed by atoms with Gasteiger partial charge in [-0.2, -0.15) is 0 Å². The van der Waals surface area contributed by atoms with Crippen molar-refractivity contribution in [2.75, 3.05) is 0 Å². The first-order valence-electron chi connectivity index (χ1n) is 6.08. The molecule has 0 saturated heterocycles. The van der Waals surface area contributed by atoms with Gasteiger partial charge < -0.3 is 5.73 Å². The Labute approximate surface area is 121 Å². The number of nitrogens with one attached hydrogen (secondary N) is 1. The molecule has 0 unspecified atom stereocenters. The summed E-state index contributed by atoms with van der Waals surface area (Å²) in [5, 5.41) is -0.203. The third-order valence-corrected chi connectivity index (χ3v) is 5.37. The number of hydrogen-bond donors (Lipinski definition) is 2. The van der Waals surface area contributed by atoms with Gasteiger partial charge in [0.05, 0.1) is 10.9 Å². The van der Waals surface area contributed by atoms with E-state index >= 15 is 0 Å². The zero-order chi connectivity index (χ0) is 14.9. The Morgan fingerprint density at radius 2 is 2.10 bits per heavy atom. The van der Waals surface area contributed by atoms with E-state index in [0.717, 1.165) is 6.07 Å². The molecule has 0 aromatic heterocycles. The van der Waals surface area contributed by atoms with Gasteiger partial charge in [-0.05, 0) is 25.0 Å². The first kappa shape index (κ1) is 15.2. The molecule has 110 valence electrons. The van der Waals surface area contributed by atoms with Crippen molar-refractivity contribution in [1.82, 2.24) is 4.72 Å². The number of benzene rings is 1. The quantitative estimate of drug-likeness (QED) is 0.879. The summed E-state index contributed by atoms with van der Waals surface area (Å²) in [6.45, 7) is 0. The van der Waals surface area contributed by atoms with Crippen LogP contribution in [0.5, 0.6) is 0 Å². The molecule has 8 heteroatoms. The van der Waals surface area contributed by atoms with Gasteiger partial charge in [0.15, 0.2) is 0 Å². The van der Waals surface area contributed by atoms with Gasteiger partial charge in [0, 0.05) is 6.04 Å². The highest BCUT2D eigenvalue weighted by Crippen LogP contribution is 2.29. The summed E-state index contributed by atoms with van der Waals surface area (Å²) in [7, 11) is -4.14. The Morgan fingerprint density at radius 3 is 2.70 bits per heavy atom. The molecule has 2 atom stereocenters. The second kappa shape index (κ2) is 5.67. The van der Waals surface area contributed by atoms with Crippen LogP contribution in [0.2, 0.25) is 5.02 Å². The number of nitrogens with two attached hydrogens (primary N) is 1. The molecule has 0 aliphatic heterocycles. The van der Waals surface area contributed by atoms with Crippen molar-refractivity contribution >= 4 is 27.5 Å². The molecule has 1 saturated carbocycles. The van der Waals surface area contributed by atoms with Crippen LogP contribution in [0, 0.1) is 11.7 Å². The highest BCUT2D eigenvalue weighted by Gasteiger charge is 2.36. The lowest BCUT2D eigenvalue weighted by molar-refractivity contribution is -0.122. The first-order chi connectivity index (χ1) is 9.33. The molecule has 0 radical (unpaired) electrons. The number of amides is 1. The van der Waals surface area contributed by atoms with Crippen molar-refractivity contribution in [2.45, 2.75) is 30.2 Å². The van der Waals surface area contributed by atoms with E-state index < -0.39 is 38.6 Å². The average molecular weight is 321 g/mol. The molecule has 2 rings (SSSR count). The second-order valence-corrected chi connectivity index (χ2v) is 6.78. The first-order valence-corrected chi connectivity index (χ1v) is 7.94. The molecule has 1 aliphatic rings. The Morgan fingerprint density at radius 1 is 1.40 bits per heavy atom. The SMILES string of the molecule is NC(=O)[C@@H]1CCC[C@@H]1NS(=O)(=O)c1c(F)cccc1Cl. The minimum absolute atomic E-state index is 0.203. The lowest BCUT2D eigenvalue weighted by Crippen LogP contribution is -2.42. The lowest BCUT2D eigenvalue weighted by Gasteiger charge is -2.19. The smallest absolute Gasteiger partial charge is 0.245 e. The normalized spacial score (nSPS) is 22.9. The molecule has 1 fully saturated rings. The van der Waals surface area contributed by atoms with Crippen LogP contribution in [0.15, 0.2) is 23.1 Å². The molecule has 0 bridgehead atoms. The van der Waals surface area contributed by atoms with Crippen LogP contribution in [-0.2, 0) is 14.8 Å². The van der Waals surface area contributed by atoms with Crippen molar-refractivity contribution in [1.29, 1.82) is 0 Å². The van der Waals surface area contributed by atoms with E-state index in [1.54, 1.807) is 0 Å². The Bertz CT molecular complexity index is 615. The van der Waals surface area contributed by atoms with Crippen LogP contribution in [0.1, 0.15) is 19.3 Å². The fourth-order valence-corrected chi connectivity index (χ4v) is 4.35. The van der Waals surface area contributed by atoms with Crippen LogP contribution in [0.3, 0.4) is 0 Å². The van der Waals surface area contributed by atoms with Gasteiger partial charge >= 0.3 is 0 Å². The van der Waals surface area contributed by atoms with E-state index in [1.807, 2.05) is 0 Å². The maximum absolute atomic E-state index is 13.7. The summed E-state index contributed by atoms with van der Waals surface area (Å²) in [6, 6.07) is 3.01. The van der Waals surface area contributed by atoms with E-state index in [0.29, 0.717) is 19.3 Å². The summed E-state index contributed by atoms with van der Waals surface area (Å²) in [6.07, 6.45) is 1.69. The van der Waals surface area contributed by atoms with E-state index in [9.17, 15) is 17.6 Å². The topological polar surface area (TPSA) is 89.3 Å². The van der Waals surface area contributed by atoms with Gasteiger partial charge in [-0.1, -0.05) is 24.1 Å². The summed E-state index contributed by atoms with van der Waals surface area (Å²) in [5.74, 6) is -2.07. The zero-order valence-electron chi connectivity index (χ0n) is 10.5. The predicted octanol–water partition coefficient (Wildman–Crippen LogP) is 1.41. The monoisotopic (exact) mass is 320 g/mol. The molecule has 5 nitrogen and oxygen atoms in total. The fraction of sp³-hybridized carbons (Fsp3) is 0.417. The van der Waals surface area contributed by atoms with Gasteiger partial charge in [0.2, 0.25) is 15.9 Å². The number of carbonyl (C=O) groups is 1. The number of rotatable bonds is 4. The number of sulfonamides is 1. The summed E-state index contributed by atoms with van der Waals surface area (Å²) in [4.78, 5) is 10.7. The van der Waals surface area contributed by atoms with Crippen LogP contribution in [0.4, 0.5) is 4.39 Å². The fourth-order valence-electron chi connectivity index (χ4n) is 2.44. The maximum Gasteiger partial charge on any atom is 0.245 e. The van der Waals surface area contributed by atoms with Gasteiger partial charge in [-0.25, -0.2) is 17.5 Å². The number of hydrogen-bond acceptors (Lipinski definition) is 3. The molecule has 3 N–H and O–H groups in total. The predicted molar refractivity (Wildman–Crippen MR) is 72.1 cm³/mol. The largest absolute Gasteiger partial charge is 0.369 e. The van der Waals surface area contributed by atoms with Crippen molar-refractivity contribution in [2.24, 2.45) is 11.7 Å². The van der Waals surface area contributed by atoms with E-state index in [1.165, 1.54) is 12.1 Å². The number of halogens is 2. The highest BCUT2D eigenvalue weighted by molar-refractivity contribution is 7.89. The molecule has 1 aromatic carbocycles. The minimum atomic E-state index is -4.14. The molecule has 1 aromatic rings. The molecular weight excluding hydrogens is 307 g/mol. The van der Waals surface area contributed by atoms with Crippen molar-refractivity contribution in [3.63, 3.8) is 0 Å². The Hall–Kier alpha value is -1.18. The van der Waals surface area contributed by atoms with Crippen molar-refractivity contribution < 1.29 is 17.6 Å². The van der Waals surface area contributed by atoms with Crippen LogP contribution in [-0.4, -0.2) is 20.4 Å². The van der Waals surface area contributed by atoms with Gasteiger partial charge in [-0.15, -0.1) is 0 Å². The molecule has 1 amide bonds. The summed E-state index contributed by atoms with van der Waals surface area (Å²) in [5.41, 5.74) is 5.23. The van der Waals surface area contributed by atoms with E-state index in [2.05, 4.69) is 4.72 Å². The van der Waals surface area contributed by atoms with E-state index in [4.69, 9.17) is 17.3 Å². The average Bonchev–Trinajstić information content (AvgIpc) is 2.75. The molecule has 20 heavy (non-hydrogen) atoms. The minimum Gasteiger partial charge on any atom is -0.369 e. The third-order valence-electron chi connectivity index (χ3n) is 3.38.